The average Bonchev–Trinajstić information content (AvgIpc) is 2.67. The van der Waals surface area contributed by atoms with Crippen LogP contribution in [-0.4, -0.2) is 29.4 Å². The first kappa shape index (κ1) is 18.6. The number of nitrogens with one attached hydrogen (secondary N) is 1. The van der Waals surface area contributed by atoms with Crippen LogP contribution in [0.15, 0.2) is 24.3 Å². The highest BCUT2D eigenvalue weighted by molar-refractivity contribution is 5.90. The fourth-order valence-electron chi connectivity index (χ4n) is 7.29. The summed E-state index contributed by atoms with van der Waals surface area (Å²) in [6, 6.07) is 6.41. The maximum Gasteiger partial charge on any atom is 0.224 e. The Morgan fingerprint density at radius 1 is 1.11 bits per heavy atom. The Morgan fingerprint density at radius 2 is 1.79 bits per heavy atom. The molecular formula is C24H33FN2O. The van der Waals surface area contributed by atoms with Gasteiger partial charge in [0.2, 0.25) is 5.91 Å². The summed E-state index contributed by atoms with van der Waals surface area (Å²) in [5, 5.41) is 2.74. The van der Waals surface area contributed by atoms with Gasteiger partial charge >= 0.3 is 0 Å². The van der Waals surface area contributed by atoms with Crippen LogP contribution < -0.4 is 5.32 Å². The van der Waals surface area contributed by atoms with Crippen LogP contribution in [0.5, 0.6) is 0 Å². The van der Waals surface area contributed by atoms with Crippen LogP contribution in [0.25, 0.3) is 0 Å². The van der Waals surface area contributed by atoms with Crippen LogP contribution in [0, 0.1) is 29.5 Å². The van der Waals surface area contributed by atoms with E-state index in [9.17, 15) is 9.18 Å². The van der Waals surface area contributed by atoms with Crippen molar-refractivity contribution < 1.29 is 9.18 Å². The second-order valence-electron chi connectivity index (χ2n) is 10.2. The van der Waals surface area contributed by atoms with Gasteiger partial charge in [0, 0.05) is 18.5 Å². The van der Waals surface area contributed by atoms with Crippen molar-refractivity contribution in [1.29, 1.82) is 0 Å². The van der Waals surface area contributed by atoms with Crippen LogP contribution >= 0.6 is 0 Å². The average molecular weight is 385 g/mol. The van der Waals surface area contributed by atoms with E-state index in [-0.39, 0.29) is 11.7 Å². The molecule has 4 aliphatic carbocycles. The summed E-state index contributed by atoms with van der Waals surface area (Å²) < 4.78 is 13.7. The fraction of sp³-hybridized carbons (Fsp3) is 0.708. The number of anilines is 1. The minimum absolute atomic E-state index is 0.0583. The standard InChI is InChI=1S/C24H33FN2O/c25-21-5-1-2-6-22(21)26-23(28)8-7-17-4-3-9-27(16-17)24-13-18-10-19(14-24)12-20(11-18)15-24/h1-2,5-6,17-20H,3-4,7-16H2,(H,26,28)/t17-,18?,19?,20?,24?/m0/s1. The summed E-state index contributed by atoms with van der Waals surface area (Å²) in [6.07, 6.45) is 12.7. The summed E-state index contributed by atoms with van der Waals surface area (Å²) in [6.45, 7) is 2.42. The fourth-order valence-corrected chi connectivity index (χ4v) is 7.29. The van der Waals surface area contributed by atoms with E-state index in [1.54, 1.807) is 18.2 Å². The minimum Gasteiger partial charge on any atom is -0.324 e. The van der Waals surface area contributed by atoms with Crippen LogP contribution in [-0.2, 0) is 4.79 Å². The van der Waals surface area contributed by atoms with Crippen molar-refractivity contribution in [2.24, 2.45) is 23.7 Å². The molecule has 0 aromatic heterocycles. The van der Waals surface area contributed by atoms with Crippen molar-refractivity contribution in [3.05, 3.63) is 30.1 Å². The lowest BCUT2D eigenvalue weighted by Gasteiger charge is -2.61. The van der Waals surface area contributed by atoms with E-state index in [1.165, 1.54) is 70.5 Å². The molecule has 5 aliphatic rings. The summed E-state index contributed by atoms with van der Waals surface area (Å²) in [5.74, 6) is 3.14. The maximum atomic E-state index is 13.7. The summed E-state index contributed by atoms with van der Waals surface area (Å²) >= 11 is 0. The Hall–Kier alpha value is -1.42. The van der Waals surface area contributed by atoms with E-state index in [0.29, 0.717) is 23.6 Å². The van der Waals surface area contributed by atoms with Gasteiger partial charge in [0.05, 0.1) is 5.69 Å². The molecule has 1 atom stereocenters. The number of halogens is 1. The SMILES string of the molecule is O=C(CC[C@@H]1CCCN(C23CC4CC(CC(C4)C2)C3)C1)Nc1ccccc1F. The van der Waals surface area contributed by atoms with Gasteiger partial charge in [0.25, 0.3) is 0 Å². The van der Waals surface area contributed by atoms with Gasteiger partial charge in [-0.3, -0.25) is 9.69 Å². The van der Waals surface area contributed by atoms with Gasteiger partial charge in [-0.1, -0.05) is 12.1 Å². The number of hydrogen-bond acceptors (Lipinski definition) is 2. The first-order valence-electron chi connectivity index (χ1n) is 11.4. The Balaban J connectivity index is 1.17. The van der Waals surface area contributed by atoms with Gasteiger partial charge in [0.1, 0.15) is 5.82 Å². The van der Waals surface area contributed by atoms with Crippen molar-refractivity contribution in [3.8, 4) is 0 Å². The molecule has 28 heavy (non-hydrogen) atoms. The van der Waals surface area contributed by atoms with E-state index < -0.39 is 0 Å². The third-order valence-electron chi connectivity index (χ3n) is 8.12. The van der Waals surface area contributed by atoms with E-state index in [4.69, 9.17) is 0 Å². The molecule has 1 heterocycles. The number of carbonyl (C=O) groups is 1. The van der Waals surface area contributed by atoms with Crippen LogP contribution in [0.4, 0.5) is 10.1 Å². The summed E-state index contributed by atoms with van der Waals surface area (Å²) in [4.78, 5) is 15.2. The first-order valence-corrected chi connectivity index (χ1v) is 11.4. The predicted molar refractivity (Wildman–Crippen MR) is 109 cm³/mol. The molecule has 0 radical (unpaired) electrons. The van der Waals surface area contributed by atoms with Crippen LogP contribution in [0.3, 0.4) is 0 Å². The number of amides is 1. The van der Waals surface area contributed by atoms with Crippen LogP contribution in [0.2, 0.25) is 0 Å². The second kappa shape index (κ2) is 7.44. The molecule has 0 spiro atoms. The zero-order valence-electron chi connectivity index (χ0n) is 16.8. The Labute approximate surface area is 168 Å². The van der Waals surface area contributed by atoms with E-state index in [1.807, 2.05) is 0 Å². The molecule has 4 bridgehead atoms. The number of para-hydroxylation sites is 1. The third-order valence-corrected chi connectivity index (χ3v) is 8.12. The van der Waals surface area contributed by atoms with Crippen molar-refractivity contribution in [1.82, 2.24) is 4.90 Å². The highest BCUT2D eigenvalue weighted by atomic mass is 19.1. The predicted octanol–water partition coefficient (Wildman–Crippen LogP) is 5.23. The number of benzene rings is 1. The molecule has 1 aromatic rings. The molecule has 1 amide bonds. The molecule has 1 saturated heterocycles. The Morgan fingerprint density at radius 3 is 2.46 bits per heavy atom. The van der Waals surface area contributed by atoms with Gasteiger partial charge in [-0.05, 0) is 100 Å². The highest BCUT2D eigenvalue weighted by Gasteiger charge is 2.53. The lowest BCUT2D eigenvalue weighted by Crippen LogP contribution is -2.61. The molecule has 4 heteroatoms. The summed E-state index contributed by atoms with van der Waals surface area (Å²) in [7, 11) is 0. The number of piperidine rings is 1. The summed E-state index contributed by atoms with van der Waals surface area (Å²) in [5.41, 5.74) is 0.786. The molecule has 1 aliphatic heterocycles. The zero-order valence-corrected chi connectivity index (χ0v) is 16.8. The largest absolute Gasteiger partial charge is 0.324 e. The van der Waals surface area contributed by atoms with Crippen molar-refractivity contribution >= 4 is 11.6 Å². The van der Waals surface area contributed by atoms with Gasteiger partial charge in [0.15, 0.2) is 0 Å². The normalized spacial score (nSPS) is 37.2. The number of carbonyl (C=O) groups excluding carboxylic acids is 1. The Kier molecular flexibility index (Phi) is 4.94. The molecule has 0 unspecified atom stereocenters. The molecular weight excluding hydrogens is 351 g/mol. The molecule has 1 aromatic carbocycles. The topological polar surface area (TPSA) is 32.3 Å². The minimum atomic E-state index is -0.360. The maximum absolute atomic E-state index is 13.7. The third kappa shape index (κ3) is 3.60. The molecule has 3 nitrogen and oxygen atoms in total. The molecule has 152 valence electrons. The lowest BCUT2D eigenvalue weighted by atomic mass is 9.52. The lowest BCUT2D eigenvalue weighted by molar-refractivity contribution is -0.117. The zero-order chi connectivity index (χ0) is 19.1. The van der Waals surface area contributed by atoms with Gasteiger partial charge in [-0.2, -0.15) is 0 Å². The van der Waals surface area contributed by atoms with Crippen molar-refractivity contribution in [3.63, 3.8) is 0 Å². The quantitative estimate of drug-likeness (QED) is 0.754. The van der Waals surface area contributed by atoms with E-state index in [0.717, 1.165) is 24.2 Å². The van der Waals surface area contributed by atoms with Crippen LogP contribution in [0.1, 0.15) is 64.2 Å². The monoisotopic (exact) mass is 384 g/mol. The number of rotatable bonds is 5. The molecule has 6 rings (SSSR count). The highest BCUT2D eigenvalue weighted by Crippen LogP contribution is 2.58. The van der Waals surface area contributed by atoms with Gasteiger partial charge < -0.3 is 5.32 Å². The number of nitrogens with zero attached hydrogens (tertiary/aromatic N) is 1. The van der Waals surface area contributed by atoms with E-state index in [2.05, 4.69) is 10.2 Å². The van der Waals surface area contributed by atoms with Gasteiger partial charge in [-0.25, -0.2) is 4.39 Å². The van der Waals surface area contributed by atoms with Crippen molar-refractivity contribution in [2.75, 3.05) is 18.4 Å². The molecule has 5 fully saturated rings. The first-order chi connectivity index (χ1) is 13.6. The smallest absolute Gasteiger partial charge is 0.224 e. The second-order valence-corrected chi connectivity index (χ2v) is 10.2. The van der Waals surface area contributed by atoms with Crippen molar-refractivity contribution in [2.45, 2.75) is 69.7 Å². The Bertz CT molecular complexity index is 698. The van der Waals surface area contributed by atoms with E-state index >= 15 is 0 Å². The molecule has 1 N–H and O–H groups in total. The van der Waals surface area contributed by atoms with Gasteiger partial charge in [-0.15, -0.1) is 0 Å². The number of hydrogen-bond donors (Lipinski definition) is 1. The molecule has 4 saturated carbocycles. The number of likely N-dealkylation sites (tertiary alicyclic amines) is 1.